The molecular weight excluding hydrogens is 328 g/mol. The molecule has 0 saturated heterocycles. The maximum absolute atomic E-state index is 12.1. The first-order valence-electron chi connectivity index (χ1n) is 6.76. The van der Waals surface area contributed by atoms with Gasteiger partial charge in [0.05, 0.1) is 11.5 Å². The lowest BCUT2D eigenvalue weighted by Gasteiger charge is -2.00. The lowest BCUT2D eigenvalue weighted by molar-refractivity contribution is 0.0514. The fourth-order valence-corrected chi connectivity index (χ4v) is 4.34. The first kappa shape index (κ1) is 15.2. The van der Waals surface area contributed by atoms with E-state index in [1.54, 1.807) is 13.0 Å². The van der Waals surface area contributed by atoms with E-state index in [0.717, 1.165) is 24.2 Å². The number of hydrogen-bond acceptors (Lipinski definition) is 7. The van der Waals surface area contributed by atoms with E-state index >= 15 is 0 Å². The molecule has 22 heavy (non-hydrogen) atoms. The molecule has 7 nitrogen and oxygen atoms in total. The third-order valence-corrected chi connectivity index (χ3v) is 6.10. The van der Waals surface area contributed by atoms with Gasteiger partial charge in [-0.05, 0) is 31.9 Å². The van der Waals surface area contributed by atoms with Crippen LogP contribution in [-0.4, -0.2) is 32.2 Å². The van der Waals surface area contributed by atoms with Gasteiger partial charge in [0.1, 0.15) is 4.21 Å². The van der Waals surface area contributed by atoms with Crippen molar-refractivity contribution in [1.29, 1.82) is 0 Å². The summed E-state index contributed by atoms with van der Waals surface area (Å²) >= 11 is 1.06. The van der Waals surface area contributed by atoms with Crippen molar-refractivity contribution < 1.29 is 22.5 Å². The lowest BCUT2D eigenvalue weighted by atomic mass is 10.3. The van der Waals surface area contributed by atoms with Gasteiger partial charge in [-0.1, -0.05) is 5.16 Å². The molecule has 9 heteroatoms. The summed E-state index contributed by atoms with van der Waals surface area (Å²) in [5.41, 5.74) is 0.0609. The van der Waals surface area contributed by atoms with Crippen molar-refractivity contribution in [2.45, 2.75) is 30.0 Å². The molecule has 0 atom stereocenters. The van der Waals surface area contributed by atoms with Crippen molar-refractivity contribution in [1.82, 2.24) is 9.88 Å². The van der Waals surface area contributed by atoms with E-state index in [2.05, 4.69) is 9.88 Å². The molecule has 0 bridgehead atoms. The predicted molar refractivity (Wildman–Crippen MR) is 79.1 cm³/mol. The first-order valence-corrected chi connectivity index (χ1v) is 9.06. The minimum Gasteiger partial charge on any atom is -0.461 e. The minimum absolute atomic E-state index is 0.0521. The van der Waals surface area contributed by atoms with Crippen molar-refractivity contribution >= 4 is 27.3 Å². The fourth-order valence-electron chi connectivity index (χ4n) is 1.77. The highest BCUT2D eigenvalue weighted by atomic mass is 32.2. The average molecular weight is 342 g/mol. The highest BCUT2D eigenvalue weighted by molar-refractivity contribution is 7.91. The van der Waals surface area contributed by atoms with Gasteiger partial charge < -0.3 is 9.26 Å². The number of hydrogen-bond donors (Lipinski definition) is 1. The number of aromatic nitrogens is 1. The number of rotatable bonds is 6. The Balaban J connectivity index is 1.80. The number of esters is 1. The Morgan fingerprint density at radius 1 is 1.50 bits per heavy atom. The summed E-state index contributed by atoms with van der Waals surface area (Å²) in [5.74, 6) is -0.238. The molecule has 1 fully saturated rings. The molecular formula is C13H14N2O5S2. The monoisotopic (exact) mass is 342 g/mol. The van der Waals surface area contributed by atoms with Gasteiger partial charge in [-0.3, -0.25) is 0 Å². The van der Waals surface area contributed by atoms with Crippen molar-refractivity contribution in [2.24, 2.45) is 0 Å². The third kappa shape index (κ3) is 3.21. The second-order valence-corrected chi connectivity index (χ2v) is 7.84. The summed E-state index contributed by atoms with van der Waals surface area (Å²) in [6.07, 6.45) is 1.75. The van der Waals surface area contributed by atoms with E-state index in [-0.39, 0.29) is 22.6 Å². The molecule has 0 aromatic carbocycles. The highest BCUT2D eigenvalue weighted by Gasteiger charge is 2.29. The summed E-state index contributed by atoms with van der Waals surface area (Å²) in [6, 6.07) is 4.63. The Labute approximate surface area is 131 Å². The Morgan fingerprint density at radius 2 is 2.27 bits per heavy atom. The normalized spacial score (nSPS) is 15.0. The van der Waals surface area contributed by atoms with Crippen LogP contribution in [0.2, 0.25) is 0 Å². The summed E-state index contributed by atoms with van der Waals surface area (Å²) in [7, 11) is -3.49. The van der Waals surface area contributed by atoms with Gasteiger partial charge in [0, 0.05) is 12.1 Å². The van der Waals surface area contributed by atoms with Gasteiger partial charge in [0.15, 0.2) is 11.5 Å². The SMILES string of the molecule is CCOC(=O)c1cc(-c2ccc(S(=O)(=O)NC3CC3)s2)on1. The standard InChI is InChI=1S/C13H14N2O5S2/c1-2-19-13(16)9-7-10(20-14-9)11-5-6-12(21-11)22(17,18)15-8-3-4-8/h5-8,15H,2-4H2,1H3. The number of ether oxygens (including phenoxy) is 1. The zero-order valence-electron chi connectivity index (χ0n) is 11.7. The topological polar surface area (TPSA) is 98.5 Å². The van der Waals surface area contributed by atoms with Gasteiger partial charge in [0.25, 0.3) is 0 Å². The van der Waals surface area contributed by atoms with E-state index in [1.165, 1.54) is 12.1 Å². The van der Waals surface area contributed by atoms with Crippen LogP contribution in [0.25, 0.3) is 10.6 Å². The minimum atomic E-state index is -3.49. The number of nitrogens with zero attached hydrogens (tertiary/aromatic N) is 1. The average Bonchev–Trinajstić information content (AvgIpc) is 2.98. The zero-order chi connectivity index (χ0) is 15.7. The molecule has 1 N–H and O–H groups in total. The molecule has 2 heterocycles. The van der Waals surface area contributed by atoms with Crippen LogP contribution >= 0.6 is 11.3 Å². The number of carbonyl (C=O) groups excluding carboxylic acids is 1. The van der Waals surface area contributed by atoms with E-state index in [9.17, 15) is 13.2 Å². The van der Waals surface area contributed by atoms with Crippen LogP contribution in [0.3, 0.4) is 0 Å². The van der Waals surface area contributed by atoms with Crippen molar-refractivity contribution in [2.75, 3.05) is 6.61 Å². The zero-order valence-corrected chi connectivity index (χ0v) is 13.4. The number of sulfonamides is 1. The van der Waals surface area contributed by atoms with Gasteiger partial charge in [-0.15, -0.1) is 11.3 Å². The third-order valence-electron chi connectivity index (χ3n) is 2.98. The predicted octanol–water partition coefficient (Wildman–Crippen LogP) is 2.02. The molecule has 0 aliphatic heterocycles. The molecule has 0 unspecified atom stereocenters. The van der Waals surface area contributed by atoms with E-state index in [1.807, 2.05) is 0 Å². The summed E-state index contributed by atoms with van der Waals surface area (Å²) in [5, 5.41) is 3.63. The number of nitrogens with one attached hydrogen (secondary N) is 1. The molecule has 3 rings (SSSR count). The Bertz CT molecular complexity index is 789. The largest absolute Gasteiger partial charge is 0.461 e. The lowest BCUT2D eigenvalue weighted by Crippen LogP contribution is -2.24. The van der Waals surface area contributed by atoms with Crippen LogP contribution in [-0.2, 0) is 14.8 Å². The Hall–Kier alpha value is -1.71. The first-order chi connectivity index (χ1) is 10.5. The van der Waals surface area contributed by atoms with Gasteiger partial charge in [0.2, 0.25) is 10.0 Å². The maximum atomic E-state index is 12.1. The molecule has 1 aliphatic rings. The van der Waals surface area contributed by atoms with Crippen molar-refractivity contribution in [3.05, 3.63) is 23.9 Å². The van der Waals surface area contributed by atoms with Crippen LogP contribution in [0, 0.1) is 0 Å². The van der Waals surface area contributed by atoms with E-state index in [4.69, 9.17) is 9.26 Å². The van der Waals surface area contributed by atoms with Crippen molar-refractivity contribution in [3.8, 4) is 10.6 Å². The molecule has 118 valence electrons. The van der Waals surface area contributed by atoms with Crippen LogP contribution in [0.1, 0.15) is 30.3 Å². The smallest absolute Gasteiger partial charge is 0.360 e. The summed E-state index contributed by atoms with van der Waals surface area (Å²) in [4.78, 5) is 12.1. The molecule has 1 aliphatic carbocycles. The Morgan fingerprint density at radius 3 is 2.95 bits per heavy atom. The molecule has 0 spiro atoms. The van der Waals surface area contributed by atoms with Crippen LogP contribution in [0.15, 0.2) is 26.9 Å². The molecule has 2 aromatic heterocycles. The number of thiophene rings is 1. The molecule has 0 radical (unpaired) electrons. The summed E-state index contributed by atoms with van der Waals surface area (Å²) < 4.78 is 36.9. The number of carbonyl (C=O) groups is 1. The van der Waals surface area contributed by atoms with Gasteiger partial charge in [-0.25, -0.2) is 17.9 Å². The van der Waals surface area contributed by atoms with Gasteiger partial charge in [-0.2, -0.15) is 0 Å². The van der Waals surface area contributed by atoms with E-state index < -0.39 is 16.0 Å². The fraction of sp³-hybridized carbons (Fsp3) is 0.385. The van der Waals surface area contributed by atoms with Crippen LogP contribution in [0.4, 0.5) is 0 Å². The Kier molecular flexibility index (Phi) is 4.02. The maximum Gasteiger partial charge on any atom is 0.360 e. The molecule has 2 aromatic rings. The van der Waals surface area contributed by atoms with Crippen LogP contribution < -0.4 is 4.72 Å². The second kappa shape index (κ2) is 5.82. The molecule has 1 saturated carbocycles. The van der Waals surface area contributed by atoms with Gasteiger partial charge >= 0.3 is 5.97 Å². The quantitative estimate of drug-likeness (QED) is 0.807. The highest BCUT2D eigenvalue weighted by Crippen LogP contribution is 2.32. The van der Waals surface area contributed by atoms with Crippen molar-refractivity contribution in [3.63, 3.8) is 0 Å². The summed E-state index contributed by atoms with van der Waals surface area (Å²) in [6.45, 7) is 1.94. The second-order valence-electron chi connectivity index (χ2n) is 4.81. The van der Waals surface area contributed by atoms with E-state index in [0.29, 0.717) is 10.6 Å². The van der Waals surface area contributed by atoms with Crippen LogP contribution in [0.5, 0.6) is 0 Å². The molecule has 0 amide bonds.